The van der Waals surface area contributed by atoms with Crippen LogP contribution >= 0.6 is 0 Å². The lowest BCUT2D eigenvalue weighted by molar-refractivity contribution is -0.0688. The molecule has 30 heavy (non-hydrogen) atoms. The van der Waals surface area contributed by atoms with Gasteiger partial charge in [-0.3, -0.25) is 4.79 Å². The highest BCUT2D eigenvalue weighted by Crippen LogP contribution is 2.61. The molecule has 2 N–H and O–H groups in total. The van der Waals surface area contributed by atoms with E-state index in [1.165, 1.54) is 51.7 Å². The van der Waals surface area contributed by atoms with E-state index in [0.29, 0.717) is 5.56 Å². The molecule has 5 aliphatic rings. The Bertz CT molecular complexity index is 919. The molecule has 0 spiro atoms. The number of carbonyl (C=O) groups is 1. The van der Waals surface area contributed by atoms with Crippen LogP contribution in [-0.2, 0) is 10.0 Å². The molecule has 0 aromatic heterocycles. The molecule has 0 heterocycles. The summed E-state index contributed by atoms with van der Waals surface area (Å²) in [4.78, 5) is 13.1. The van der Waals surface area contributed by atoms with Crippen molar-refractivity contribution >= 4 is 15.9 Å². The first-order chi connectivity index (χ1) is 14.3. The molecule has 0 radical (unpaired) electrons. The van der Waals surface area contributed by atoms with Crippen LogP contribution in [0.4, 0.5) is 0 Å². The van der Waals surface area contributed by atoms with E-state index in [2.05, 4.69) is 17.0 Å². The number of nitrogens with one attached hydrogen (secondary N) is 2. The highest BCUT2D eigenvalue weighted by atomic mass is 32.2. The zero-order chi connectivity index (χ0) is 21.1. The van der Waals surface area contributed by atoms with Gasteiger partial charge in [0.1, 0.15) is 10.6 Å². The van der Waals surface area contributed by atoms with E-state index in [1.807, 2.05) is 0 Å². The third-order valence-electron chi connectivity index (χ3n) is 7.97. The van der Waals surface area contributed by atoms with Gasteiger partial charge >= 0.3 is 0 Å². The third-order valence-corrected chi connectivity index (χ3v) is 9.51. The van der Waals surface area contributed by atoms with Crippen LogP contribution in [0, 0.1) is 23.2 Å². The largest absolute Gasteiger partial charge is 0.495 e. The van der Waals surface area contributed by atoms with E-state index in [1.54, 1.807) is 12.1 Å². The summed E-state index contributed by atoms with van der Waals surface area (Å²) in [6.45, 7) is 2.14. The number of benzene rings is 1. The zero-order valence-corrected chi connectivity index (χ0v) is 18.6. The normalized spacial score (nSPS) is 33.3. The second-order valence-corrected chi connectivity index (χ2v) is 11.9. The number of ether oxygens (including phenoxy) is 1. The molecule has 6 rings (SSSR count). The summed E-state index contributed by atoms with van der Waals surface area (Å²) in [6.07, 6.45) is 9.46. The van der Waals surface area contributed by atoms with Crippen LogP contribution in [0.1, 0.15) is 68.6 Å². The fourth-order valence-corrected chi connectivity index (χ4v) is 8.15. The first kappa shape index (κ1) is 20.3. The van der Waals surface area contributed by atoms with Crippen molar-refractivity contribution in [3.8, 4) is 5.75 Å². The minimum absolute atomic E-state index is 0.00621. The van der Waals surface area contributed by atoms with Gasteiger partial charge in [-0.2, -0.15) is 0 Å². The van der Waals surface area contributed by atoms with Crippen LogP contribution in [0.15, 0.2) is 23.1 Å². The Morgan fingerprint density at radius 1 is 1.10 bits per heavy atom. The molecule has 1 aromatic carbocycles. The van der Waals surface area contributed by atoms with E-state index in [0.717, 1.165) is 30.6 Å². The summed E-state index contributed by atoms with van der Waals surface area (Å²) in [5.41, 5.74) is 0.572. The minimum atomic E-state index is -3.72. The molecule has 5 fully saturated rings. The van der Waals surface area contributed by atoms with Crippen molar-refractivity contribution in [3.63, 3.8) is 0 Å². The van der Waals surface area contributed by atoms with E-state index in [9.17, 15) is 13.2 Å². The van der Waals surface area contributed by atoms with Crippen LogP contribution in [0.3, 0.4) is 0 Å². The number of methoxy groups -OCH3 is 1. The van der Waals surface area contributed by atoms with Gasteiger partial charge in [-0.15, -0.1) is 0 Å². The van der Waals surface area contributed by atoms with Gasteiger partial charge in [0.05, 0.1) is 7.11 Å². The Morgan fingerprint density at radius 3 is 2.23 bits per heavy atom. The van der Waals surface area contributed by atoms with Crippen molar-refractivity contribution in [2.75, 3.05) is 7.11 Å². The predicted octanol–water partition coefficient (Wildman–Crippen LogP) is 3.47. The molecule has 0 unspecified atom stereocenters. The Morgan fingerprint density at radius 2 is 1.70 bits per heavy atom. The maximum atomic E-state index is 13.1. The Kier molecular flexibility index (Phi) is 4.89. The van der Waals surface area contributed by atoms with E-state index >= 15 is 0 Å². The molecule has 7 heteroatoms. The highest BCUT2D eigenvalue weighted by Gasteiger charge is 2.53. The molecule has 0 saturated heterocycles. The van der Waals surface area contributed by atoms with Gasteiger partial charge in [-0.25, -0.2) is 13.1 Å². The van der Waals surface area contributed by atoms with Gasteiger partial charge in [-0.1, -0.05) is 0 Å². The molecule has 5 saturated carbocycles. The van der Waals surface area contributed by atoms with Crippen molar-refractivity contribution in [2.45, 2.75) is 75.3 Å². The smallest absolute Gasteiger partial charge is 0.251 e. The minimum Gasteiger partial charge on any atom is -0.495 e. The van der Waals surface area contributed by atoms with Gasteiger partial charge in [0.15, 0.2) is 0 Å². The molecule has 4 bridgehead atoms. The second-order valence-electron chi connectivity index (χ2n) is 10.2. The van der Waals surface area contributed by atoms with Gasteiger partial charge in [0.25, 0.3) is 5.91 Å². The predicted molar refractivity (Wildman–Crippen MR) is 114 cm³/mol. The van der Waals surface area contributed by atoms with E-state index < -0.39 is 10.0 Å². The number of carbonyl (C=O) groups excluding carboxylic acids is 1. The number of sulfonamides is 1. The van der Waals surface area contributed by atoms with Crippen molar-refractivity contribution in [2.24, 2.45) is 23.2 Å². The maximum absolute atomic E-state index is 13.1. The molecule has 5 aliphatic carbocycles. The lowest BCUT2D eigenvalue weighted by atomic mass is 9.48. The lowest BCUT2D eigenvalue weighted by Crippen LogP contribution is -2.55. The van der Waals surface area contributed by atoms with Gasteiger partial charge in [-0.05, 0) is 99.7 Å². The summed E-state index contributed by atoms with van der Waals surface area (Å²) >= 11 is 0. The molecular formula is C23H32N2O4S. The fraction of sp³-hybridized carbons (Fsp3) is 0.696. The SMILES string of the molecule is COc1ccc(C(=O)N[C@H](C)C23CC4CC(CC(C4)C2)C3)cc1S(=O)(=O)NC1CC1. The van der Waals surface area contributed by atoms with Gasteiger partial charge < -0.3 is 10.1 Å². The maximum Gasteiger partial charge on any atom is 0.251 e. The fourth-order valence-electron chi connectivity index (χ4n) is 6.65. The second kappa shape index (κ2) is 7.23. The number of hydrogen-bond donors (Lipinski definition) is 2. The van der Waals surface area contributed by atoms with Crippen LogP contribution in [-0.4, -0.2) is 33.5 Å². The van der Waals surface area contributed by atoms with Crippen LogP contribution < -0.4 is 14.8 Å². The summed E-state index contributed by atoms with van der Waals surface area (Å²) in [5, 5.41) is 3.23. The summed E-state index contributed by atoms with van der Waals surface area (Å²) in [5.74, 6) is 2.52. The molecule has 6 nitrogen and oxygen atoms in total. The Balaban J connectivity index is 1.35. The van der Waals surface area contributed by atoms with E-state index in [4.69, 9.17) is 4.74 Å². The summed E-state index contributed by atoms with van der Waals surface area (Å²) in [7, 11) is -2.27. The standard InChI is InChI=1S/C23H32N2O4S/c1-14(23-11-15-7-16(12-23)9-17(8-15)13-23)24-22(26)18-3-6-20(29-2)21(10-18)30(27,28)25-19-4-5-19/h3,6,10,14-17,19,25H,4-5,7-9,11-13H2,1-2H3,(H,24,26)/t14-,15?,16?,17?,23?/m1/s1. The topological polar surface area (TPSA) is 84.5 Å². The van der Waals surface area contributed by atoms with Crippen molar-refractivity contribution in [3.05, 3.63) is 23.8 Å². The van der Waals surface area contributed by atoms with Crippen LogP contribution in [0.2, 0.25) is 0 Å². The summed E-state index contributed by atoms with van der Waals surface area (Å²) < 4.78 is 33.5. The molecular weight excluding hydrogens is 400 g/mol. The zero-order valence-electron chi connectivity index (χ0n) is 17.8. The van der Waals surface area contributed by atoms with E-state index in [-0.39, 0.29) is 34.1 Å². The third kappa shape index (κ3) is 3.64. The first-order valence-corrected chi connectivity index (χ1v) is 12.8. The molecule has 0 aliphatic heterocycles. The number of rotatable bonds is 7. The Hall–Kier alpha value is -1.60. The van der Waals surface area contributed by atoms with Crippen LogP contribution in [0.25, 0.3) is 0 Å². The average Bonchev–Trinajstić information content (AvgIpc) is 3.49. The van der Waals surface area contributed by atoms with Crippen molar-refractivity contribution < 1.29 is 17.9 Å². The van der Waals surface area contributed by atoms with Gasteiger partial charge in [0, 0.05) is 17.6 Å². The molecule has 1 atom stereocenters. The van der Waals surface area contributed by atoms with Crippen molar-refractivity contribution in [1.82, 2.24) is 10.0 Å². The summed E-state index contributed by atoms with van der Waals surface area (Å²) in [6, 6.07) is 4.76. The quantitative estimate of drug-likeness (QED) is 0.691. The average molecular weight is 433 g/mol. The molecule has 1 aromatic rings. The van der Waals surface area contributed by atoms with Gasteiger partial charge in [0.2, 0.25) is 10.0 Å². The lowest BCUT2D eigenvalue weighted by Gasteiger charge is -2.59. The van der Waals surface area contributed by atoms with Crippen LogP contribution in [0.5, 0.6) is 5.75 Å². The number of hydrogen-bond acceptors (Lipinski definition) is 4. The van der Waals surface area contributed by atoms with Crippen molar-refractivity contribution in [1.29, 1.82) is 0 Å². The molecule has 1 amide bonds. The Labute approximate surface area is 179 Å². The number of amides is 1. The monoisotopic (exact) mass is 432 g/mol. The molecule has 164 valence electrons. The first-order valence-electron chi connectivity index (χ1n) is 11.3. The highest BCUT2D eigenvalue weighted by molar-refractivity contribution is 7.89.